The highest BCUT2D eigenvalue weighted by atomic mass is 35.5. The number of aromatic nitrogens is 1. The number of hydrogen-bond acceptors (Lipinski definition) is 4. The van der Waals surface area contributed by atoms with Crippen molar-refractivity contribution in [1.29, 1.82) is 0 Å². The molecule has 0 unspecified atom stereocenters. The molecule has 2 aromatic heterocycles. The number of carbonyl (C=O) groups is 2. The van der Waals surface area contributed by atoms with E-state index in [1.165, 1.54) is 11.3 Å². The summed E-state index contributed by atoms with van der Waals surface area (Å²) in [6.45, 7) is 0.498. The van der Waals surface area contributed by atoms with Gasteiger partial charge in [-0.05, 0) is 36.5 Å². The average Bonchev–Trinajstić information content (AvgIpc) is 3.38. The molecule has 1 aromatic carbocycles. The number of halogens is 2. The molecule has 0 saturated carbocycles. The largest absolute Gasteiger partial charge is 0.481 e. The maximum Gasteiger partial charge on any atom is 0.307 e. The minimum absolute atomic E-state index is 0.292. The van der Waals surface area contributed by atoms with Crippen LogP contribution in [0.1, 0.15) is 40.4 Å². The van der Waals surface area contributed by atoms with E-state index in [2.05, 4.69) is 10.3 Å². The van der Waals surface area contributed by atoms with Gasteiger partial charge in [-0.2, -0.15) is 0 Å². The summed E-state index contributed by atoms with van der Waals surface area (Å²) in [6.07, 6.45) is 1.70. The number of nitrogens with one attached hydrogen (secondary N) is 2. The van der Waals surface area contributed by atoms with Crippen LogP contribution in [0.5, 0.6) is 0 Å². The van der Waals surface area contributed by atoms with Crippen molar-refractivity contribution in [3.8, 4) is 0 Å². The number of aromatic amines is 1. The average molecular weight is 481 g/mol. The molecule has 0 fully saturated rings. The fraction of sp³-hybridized carbons (Fsp3) is 0.364. The topological polar surface area (TPSA) is 91.4 Å². The summed E-state index contributed by atoms with van der Waals surface area (Å²) in [7, 11) is 1.60. The van der Waals surface area contributed by atoms with Gasteiger partial charge in [0.15, 0.2) is 0 Å². The summed E-state index contributed by atoms with van der Waals surface area (Å²) in [5, 5.41) is 13.4. The lowest BCUT2D eigenvalue weighted by atomic mass is 9.82. The van der Waals surface area contributed by atoms with Crippen LogP contribution < -0.4 is 5.32 Å². The van der Waals surface area contributed by atoms with Gasteiger partial charge >= 0.3 is 5.97 Å². The molecule has 6 nitrogen and oxygen atoms in total. The van der Waals surface area contributed by atoms with Crippen molar-refractivity contribution in [2.75, 3.05) is 13.7 Å². The quantitative estimate of drug-likeness (QED) is 0.391. The molecular weight excluding hydrogens is 459 g/mol. The number of ether oxygens (including phenoxy) is 1. The molecule has 3 N–H and O–H groups in total. The predicted molar refractivity (Wildman–Crippen MR) is 123 cm³/mol. The fourth-order valence-electron chi connectivity index (χ4n) is 4.46. The van der Waals surface area contributed by atoms with E-state index >= 15 is 0 Å². The molecule has 164 valence electrons. The zero-order valence-electron chi connectivity index (χ0n) is 16.8. The van der Waals surface area contributed by atoms with Crippen LogP contribution in [0.3, 0.4) is 0 Å². The molecule has 1 amide bonds. The Morgan fingerprint density at radius 2 is 2.13 bits per heavy atom. The van der Waals surface area contributed by atoms with Gasteiger partial charge in [0.25, 0.3) is 5.91 Å². The Morgan fingerprint density at radius 1 is 1.35 bits per heavy atom. The molecule has 1 aliphatic carbocycles. The lowest BCUT2D eigenvalue weighted by Gasteiger charge is -2.27. The number of fused-ring (bicyclic) bond motifs is 2. The van der Waals surface area contributed by atoms with Crippen molar-refractivity contribution in [2.45, 2.75) is 31.2 Å². The standard InChI is InChI=1S/C22H22Cl2N2O4S/c1-30-8-4-7-13(22(28)29)17-12-6-3-2-5-11(12)9-14(17)26-21(27)15-10-16-19(25-15)18(23)20(24)31-16/h2-3,5-6,10,13-14,17,25H,4,7-9H2,1H3,(H,26,27)(H,28,29)/t13-,14+,17-/m0/s1. The summed E-state index contributed by atoms with van der Waals surface area (Å²) in [5.74, 6) is -2.09. The van der Waals surface area contributed by atoms with Crippen molar-refractivity contribution in [1.82, 2.24) is 10.3 Å². The Morgan fingerprint density at radius 3 is 2.84 bits per heavy atom. The van der Waals surface area contributed by atoms with Gasteiger partial charge in [-0.15, -0.1) is 11.3 Å². The van der Waals surface area contributed by atoms with Gasteiger partial charge in [0.05, 0.1) is 21.2 Å². The third kappa shape index (κ3) is 4.32. The van der Waals surface area contributed by atoms with Crippen LogP contribution in [0, 0.1) is 5.92 Å². The molecule has 0 aliphatic heterocycles. The Hall–Kier alpha value is -2.06. The van der Waals surface area contributed by atoms with E-state index < -0.39 is 11.9 Å². The molecule has 31 heavy (non-hydrogen) atoms. The van der Waals surface area contributed by atoms with Crippen molar-refractivity contribution < 1.29 is 19.4 Å². The summed E-state index contributed by atoms with van der Waals surface area (Å²) >= 11 is 13.5. The molecule has 2 heterocycles. The van der Waals surface area contributed by atoms with E-state index in [1.807, 2.05) is 24.3 Å². The molecule has 1 aliphatic rings. The van der Waals surface area contributed by atoms with Crippen molar-refractivity contribution in [3.63, 3.8) is 0 Å². The maximum absolute atomic E-state index is 13.0. The first-order valence-electron chi connectivity index (χ1n) is 9.97. The summed E-state index contributed by atoms with van der Waals surface area (Å²) in [6, 6.07) is 9.20. The van der Waals surface area contributed by atoms with Gasteiger partial charge < -0.3 is 20.1 Å². The second-order valence-corrected chi connectivity index (χ2v) is 9.73. The van der Waals surface area contributed by atoms with Gasteiger partial charge in [-0.25, -0.2) is 0 Å². The second-order valence-electron chi connectivity index (χ2n) is 7.70. The lowest BCUT2D eigenvalue weighted by Crippen LogP contribution is -2.42. The summed E-state index contributed by atoms with van der Waals surface area (Å²) in [5.41, 5.74) is 3.06. The third-order valence-corrected chi connectivity index (χ3v) is 7.77. The first kappa shape index (κ1) is 22.1. The number of carbonyl (C=O) groups excluding carboxylic acids is 1. The molecule has 3 aromatic rings. The Bertz CT molecular complexity index is 1130. The van der Waals surface area contributed by atoms with Crippen LogP contribution in [0.15, 0.2) is 30.3 Å². The van der Waals surface area contributed by atoms with Crippen molar-refractivity contribution in [2.24, 2.45) is 5.92 Å². The molecule has 0 radical (unpaired) electrons. The Labute approximate surface area is 193 Å². The zero-order chi connectivity index (χ0) is 22.1. The molecule has 0 bridgehead atoms. The van der Waals surface area contributed by atoms with Crippen LogP contribution in [0.4, 0.5) is 0 Å². The van der Waals surface area contributed by atoms with Gasteiger partial charge in [0.1, 0.15) is 10.0 Å². The minimum Gasteiger partial charge on any atom is -0.481 e. The van der Waals surface area contributed by atoms with E-state index in [1.54, 1.807) is 13.2 Å². The predicted octanol–water partition coefficient (Wildman–Crippen LogP) is 5.10. The molecule has 4 rings (SSSR count). The maximum atomic E-state index is 13.0. The number of methoxy groups -OCH3 is 1. The second kappa shape index (κ2) is 9.20. The zero-order valence-corrected chi connectivity index (χ0v) is 19.1. The van der Waals surface area contributed by atoms with Crippen LogP contribution in [-0.4, -0.2) is 41.7 Å². The Kier molecular flexibility index (Phi) is 6.57. The molecule has 0 spiro atoms. The van der Waals surface area contributed by atoms with Crippen LogP contribution >= 0.6 is 34.5 Å². The van der Waals surface area contributed by atoms with E-state index in [0.29, 0.717) is 46.4 Å². The number of thiophene rings is 1. The molecule has 0 saturated heterocycles. The number of carboxylic acids is 1. The van der Waals surface area contributed by atoms with Crippen LogP contribution in [-0.2, 0) is 16.0 Å². The fourth-order valence-corrected chi connectivity index (χ4v) is 5.94. The third-order valence-electron chi connectivity index (χ3n) is 5.84. The number of rotatable bonds is 8. The number of benzene rings is 1. The molecule has 9 heteroatoms. The first-order valence-corrected chi connectivity index (χ1v) is 11.5. The lowest BCUT2D eigenvalue weighted by molar-refractivity contribution is -0.143. The summed E-state index contributed by atoms with van der Waals surface area (Å²) in [4.78, 5) is 28.2. The van der Waals surface area contributed by atoms with E-state index in [4.69, 9.17) is 27.9 Å². The number of aliphatic carboxylic acids is 1. The first-order chi connectivity index (χ1) is 14.9. The highest BCUT2D eigenvalue weighted by Gasteiger charge is 2.41. The van der Waals surface area contributed by atoms with Gasteiger partial charge in [0.2, 0.25) is 0 Å². The summed E-state index contributed by atoms with van der Waals surface area (Å²) < 4.78 is 6.38. The van der Waals surface area contributed by atoms with E-state index in [9.17, 15) is 14.7 Å². The Balaban J connectivity index is 1.60. The normalized spacial score (nSPS) is 18.8. The van der Waals surface area contributed by atoms with Gasteiger partial charge in [0, 0.05) is 25.7 Å². The smallest absolute Gasteiger partial charge is 0.307 e. The van der Waals surface area contributed by atoms with Gasteiger partial charge in [-0.1, -0.05) is 47.5 Å². The highest BCUT2D eigenvalue weighted by molar-refractivity contribution is 7.23. The van der Waals surface area contributed by atoms with Crippen molar-refractivity contribution >= 4 is 56.6 Å². The molecular formula is C22H22Cl2N2O4S. The monoisotopic (exact) mass is 480 g/mol. The van der Waals surface area contributed by atoms with E-state index in [0.717, 1.165) is 15.8 Å². The van der Waals surface area contributed by atoms with Crippen LogP contribution in [0.2, 0.25) is 9.36 Å². The SMILES string of the molecule is COCCC[C@H](C(=O)O)[C@@H]1c2ccccc2C[C@H]1NC(=O)c1cc2sc(Cl)c(Cl)c2[nH]1. The number of H-pyrrole nitrogens is 1. The van der Waals surface area contributed by atoms with Crippen LogP contribution in [0.25, 0.3) is 10.2 Å². The molecule has 3 atom stereocenters. The van der Waals surface area contributed by atoms with Gasteiger partial charge in [-0.3, -0.25) is 9.59 Å². The number of carboxylic acid groups (broad SMARTS) is 1. The van der Waals surface area contributed by atoms with Crippen molar-refractivity contribution in [3.05, 3.63) is 56.5 Å². The number of amides is 1. The van der Waals surface area contributed by atoms with E-state index in [-0.39, 0.29) is 17.9 Å². The minimum atomic E-state index is -0.862. The highest BCUT2D eigenvalue weighted by Crippen LogP contribution is 2.41. The number of hydrogen-bond donors (Lipinski definition) is 3.